The Morgan fingerprint density at radius 2 is 2.06 bits per heavy atom. The number of aromatic nitrogens is 2. The van der Waals surface area contributed by atoms with Gasteiger partial charge in [0, 0.05) is 18.2 Å². The number of carbonyl (C=O) groups excluding carboxylic acids is 1. The zero-order valence-corrected chi connectivity index (χ0v) is 9.80. The lowest BCUT2D eigenvalue weighted by molar-refractivity contribution is 0.101. The van der Waals surface area contributed by atoms with Crippen LogP contribution >= 0.6 is 11.6 Å². The number of imidazole rings is 1. The number of halogens is 1. The van der Waals surface area contributed by atoms with Crippen LogP contribution < -0.4 is 0 Å². The van der Waals surface area contributed by atoms with Crippen LogP contribution in [0.15, 0.2) is 24.3 Å². The lowest BCUT2D eigenvalue weighted by atomic mass is 10.2. The first kappa shape index (κ1) is 10.9. The molecular weight excluding hydrogens is 224 g/mol. The van der Waals surface area contributed by atoms with Gasteiger partial charge in [-0.3, -0.25) is 4.79 Å². The molecule has 3 nitrogen and oxygen atoms in total. The first-order valence-corrected chi connectivity index (χ1v) is 5.30. The van der Waals surface area contributed by atoms with Gasteiger partial charge in [0.05, 0.1) is 5.02 Å². The predicted octanol–water partition coefficient (Wildman–Crippen LogP) is 3.24. The molecule has 0 fully saturated rings. The van der Waals surface area contributed by atoms with Gasteiger partial charge in [-0.2, -0.15) is 0 Å². The van der Waals surface area contributed by atoms with E-state index in [0.717, 1.165) is 11.3 Å². The second-order valence-electron chi connectivity index (χ2n) is 3.60. The van der Waals surface area contributed by atoms with Crippen molar-refractivity contribution in [2.75, 3.05) is 0 Å². The molecule has 0 atom stereocenters. The minimum Gasteiger partial charge on any atom is -0.341 e. The van der Waals surface area contributed by atoms with Crippen LogP contribution in [-0.2, 0) is 0 Å². The van der Waals surface area contributed by atoms with Crippen LogP contribution in [0.2, 0.25) is 5.02 Å². The third-order valence-electron chi connectivity index (χ3n) is 2.35. The van der Waals surface area contributed by atoms with Gasteiger partial charge in [-0.1, -0.05) is 23.7 Å². The van der Waals surface area contributed by atoms with Crippen LogP contribution in [0, 0.1) is 6.92 Å². The highest BCUT2D eigenvalue weighted by molar-refractivity contribution is 6.33. The predicted molar refractivity (Wildman–Crippen MR) is 63.8 cm³/mol. The maximum absolute atomic E-state index is 11.3. The summed E-state index contributed by atoms with van der Waals surface area (Å²) in [6.45, 7) is 3.32. The molecule has 0 spiro atoms. The fraction of sp³-hybridized carbons (Fsp3) is 0.167. The average Bonchev–Trinajstić information content (AvgIpc) is 2.61. The number of nitrogens with zero attached hydrogens (tertiary/aromatic N) is 1. The van der Waals surface area contributed by atoms with Gasteiger partial charge in [0.15, 0.2) is 5.78 Å². The van der Waals surface area contributed by atoms with Crippen molar-refractivity contribution in [3.8, 4) is 11.4 Å². The van der Waals surface area contributed by atoms with Gasteiger partial charge in [-0.25, -0.2) is 4.98 Å². The Hall–Kier alpha value is -1.61. The number of Topliss-reactive ketones (excluding diaryl/α,β-unsaturated/α-hetero) is 1. The molecule has 0 bridgehead atoms. The molecule has 0 aliphatic heterocycles. The first-order valence-electron chi connectivity index (χ1n) is 4.92. The molecule has 1 N–H and O–H groups in total. The van der Waals surface area contributed by atoms with Gasteiger partial charge in [-0.15, -0.1) is 0 Å². The smallest absolute Gasteiger partial charge is 0.179 e. The van der Waals surface area contributed by atoms with Crippen molar-refractivity contribution in [3.05, 3.63) is 40.7 Å². The molecule has 1 heterocycles. The molecule has 0 saturated carbocycles. The van der Waals surface area contributed by atoms with Crippen LogP contribution in [0.5, 0.6) is 0 Å². The lowest BCUT2D eigenvalue weighted by Crippen LogP contribution is -1.94. The van der Waals surface area contributed by atoms with E-state index in [-0.39, 0.29) is 5.78 Å². The molecule has 16 heavy (non-hydrogen) atoms. The maximum atomic E-state index is 11.3. The molecule has 2 rings (SSSR count). The summed E-state index contributed by atoms with van der Waals surface area (Å²) in [6.07, 6.45) is 0. The molecule has 0 radical (unpaired) electrons. The number of hydrogen-bond acceptors (Lipinski definition) is 2. The fourth-order valence-corrected chi connectivity index (χ4v) is 1.81. The van der Waals surface area contributed by atoms with Crippen molar-refractivity contribution >= 4 is 17.4 Å². The Morgan fingerprint density at radius 1 is 1.38 bits per heavy atom. The molecular formula is C12H11ClN2O. The first-order chi connectivity index (χ1) is 7.59. The Labute approximate surface area is 98.5 Å². The van der Waals surface area contributed by atoms with Crippen molar-refractivity contribution in [2.24, 2.45) is 0 Å². The summed E-state index contributed by atoms with van der Waals surface area (Å²) in [7, 11) is 0. The molecule has 0 unspecified atom stereocenters. The van der Waals surface area contributed by atoms with Crippen LogP contribution in [0.25, 0.3) is 11.4 Å². The van der Waals surface area contributed by atoms with E-state index in [0.29, 0.717) is 16.5 Å². The topological polar surface area (TPSA) is 45.8 Å². The van der Waals surface area contributed by atoms with Crippen LogP contribution in [0.3, 0.4) is 0 Å². The van der Waals surface area contributed by atoms with Crippen molar-refractivity contribution in [1.82, 2.24) is 9.97 Å². The molecule has 1 aromatic carbocycles. The van der Waals surface area contributed by atoms with E-state index in [1.807, 2.05) is 25.1 Å². The summed E-state index contributed by atoms with van der Waals surface area (Å²) < 4.78 is 0. The van der Waals surface area contributed by atoms with E-state index in [9.17, 15) is 4.79 Å². The number of ketones is 1. The second kappa shape index (κ2) is 4.10. The number of H-pyrrole nitrogens is 1. The van der Waals surface area contributed by atoms with Crippen molar-refractivity contribution in [2.45, 2.75) is 13.8 Å². The Balaban J connectivity index is 2.54. The summed E-state index contributed by atoms with van der Waals surface area (Å²) in [5.74, 6) is 0.584. The third kappa shape index (κ3) is 1.86. The number of aromatic amines is 1. The number of nitrogens with one attached hydrogen (secondary N) is 1. The number of hydrogen-bond donors (Lipinski definition) is 1. The second-order valence-corrected chi connectivity index (χ2v) is 4.00. The molecule has 82 valence electrons. The highest BCUT2D eigenvalue weighted by Crippen LogP contribution is 2.25. The lowest BCUT2D eigenvalue weighted by Gasteiger charge is -1.98. The molecule has 1 aromatic heterocycles. The van der Waals surface area contributed by atoms with Gasteiger partial charge in [0.1, 0.15) is 11.5 Å². The molecule has 0 aliphatic rings. The summed E-state index contributed by atoms with van der Waals surface area (Å²) in [5.41, 5.74) is 2.04. The Kier molecular flexibility index (Phi) is 2.79. The number of benzene rings is 1. The monoisotopic (exact) mass is 234 g/mol. The molecule has 2 aromatic rings. The van der Waals surface area contributed by atoms with Crippen LogP contribution in [0.4, 0.5) is 0 Å². The third-order valence-corrected chi connectivity index (χ3v) is 2.68. The minimum absolute atomic E-state index is 0.0490. The summed E-state index contributed by atoms with van der Waals surface area (Å²) >= 11 is 6.06. The van der Waals surface area contributed by atoms with Gasteiger partial charge < -0.3 is 4.98 Å². The number of aryl methyl sites for hydroxylation is 1. The van der Waals surface area contributed by atoms with Gasteiger partial charge >= 0.3 is 0 Å². The molecule has 0 amide bonds. The van der Waals surface area contributed by atoms with Gasteiger partial charge in [0.2, 0.25) is 0 Å². The largest absolute Gasteiger partial charge is 0.341 e. The number of rotatable bonds is 2. The number of carbonyl (C=O) groups is 1. The van der Waals surface area contributed by atoms with Gasteiger partial charge in [-0.05, 0) is 19.1 Å². The Bertz CT molecular complexity index is 546. The summed E-state index contributed by atoms with van der Waals surface area (Å²) in [6, 6.07) is 7.40. The zero-order chi connectivity index (χ0) is 11.7. The van der Waals surface area contributed by atoms with Crippen LogP contribution in [0.1, 0.15) is 23.1 Å². The van der Waals surface area contributed by atoms with E-state index in [4.69, 9.17) is 11.6 Å². The van der Waals surface area contributed by atoms with E-state index < -0.39 is 0 Å². The van der Waals surface area contributed by atoms with E-state index in [2.05, 4.69) is 9.97 Å². The normalized spacial score (nSPS) is 10.4. The summed E-state index contributed by atoms with van der Waals surface area (Å²) in [5, 5.41) is 0.617. The quantitative estimate of drug-likeness (QED) is 0.811. The standard InChI is InChI=1S/C12H11ClN2O/c1-7-11(8(2)16)15-12(14-7)9-5-3-4-6-10(9)13/h3-6H,1-2H3,(H,14,15). The van der Waals surface area contributed by atoms with Crippen molar-refractivity contribution < 1.29 is 4.79 Å². The maximum Gasteiger partial charge on any atom is 0.179 e. The Morgan fingerprint density at radius 3 is 2.62 bits per heavy atom. The summed E-state index contributed by atoms with van der Waals surface area (Å²) in [4.78, 5) is 18.6. The highest BCUT2D eigenvalue weighted by Gasteiger charge is 2.13. The zero-order valence-electron chi connectivity index (χ0n) is 9.04. The van der Waals surface area contributed by atoms with E-state index in [1.165, 1.54) is 6.92 Å². The SMILES string of the molecule is CC(=O)c1nc(-c2ccccc2Cl)[nH]c1C. The molecule has 0 saturated heterocycles. The fourth-order valence-electron chi connectivity index (χ4n) is 1.58. The minimum atomic E-state index is -0.0490. The highest BCUT2D eigenvalue weighted by atomic mass is 35.5. The van der Waals surface area contributed by atoms with E-state index >= 15 is 0 Å². The molecule has 0 aliphatic carbocycles. The average molecular weight is 235 g/mol. The van der Waals surface area contributed by atoms with Crippen molar-refractivity contribution in [1.29, 1.82) is 0 Å². The van der Waals surface area contributed by atoms with Gasteiger partial charge in [0.25, 0.3) is 0 Å². The molecule has 4 heteroatoms. The van der Waals surface area contributed by atoms with Crippen LogP contribution in [-0.4, -0.2) is 15.8 Å². The van der Waals surface area contributed by atoms with Crippen molar-refractivity contribution in [3.63, 3.8) is 0 Å². The van der Waals surface area contributed by atoms with E-state index in [1.54, 1.807) is 6.07 Å².